The zero-order valence-corrected chi connectivity index (χ0v) is 12.2. The molecule has 1 aromatic heterocycles. The van der Waals surface area contributed by atoms with Crippen LogP contribution in [0.1, 0.15) is 42.0 Å². The molecule has 4 nitrogen and oxygen atoms in total. The van der Waals surface area contributed by atoms with Crippen molar-refractivity contribution in [1.29, 1.82) is 0 Å². The molecular formula is C14H19N3OS. The summed E-state index contributed by atoms with van der Waals surface area (Å²) in [5.41, 5.74) is 2.07. The minimum Gasteiger partial charge on any atom is -0.387 e. The Hall–Kier alpha value is -1.46. The summed E-state index contributed by atoms with van der Waals surface area (Å²) < 4.78 is 0. The van der Waals surface area contributed by atoms with Crippen LogP contribution in [-0.4, -0.2) is 21.8 Å². The van der Waals surface area contributed by atoms with Gasteiger partial charge in [0.05, 0.1) is 6.10 Å². The molecule has 0 saturated heterocycles. The van der Waals surface area contributed by atoms with Gasteiger partial charge in [0, 0.05) is 12.5 Å². The highest BCUT2D eigenvalue weighted by Gasteiger charge is 2.10. The number of rotatable bonds is 5. The Morgan fingerprint density at radius 3 is 2.74 bits per heavy atom. The molecule has 5 heteroatoms. The molecule has 19 heavy (non-hydrogen) atoms. The van der Waals surface area contributed by atoms with Crippen molar-refractivity contribution in [2.45, 2.75) is 32.8 Å². The molecule has 1 atom stereocenters. The Morgan fingerprint density at radius 2 is 2.11 bits per heavy atom. The molecule has 0 radical (unpaired) electrons. The lowest BCUT2D eigenvalue weighted by Crippen LogP contribution is -2.12. The third kappa shape index (κ3) is 3.75. The normalized spacial score (nSPS) is 12.7. The van der Waals surface area contributed by atoms with E-state index in [2.05, 4.69) is 29.4 Å². The molecule has 0 aliphatic heterocycles. The van der Waals surface area contributed by atoms with Gasteiger partial charge in [-0.1, -0.05) is 55.0 Å². The van der Waals surface area contributed by atoms with E-state index in [-0.39, 0.29) is 0 Å². The molecule has 102 valence electrons. The van der Waals surface area contributed by atoms with Gasteiger partial charge in [-0.3, -0.25) is 0 Å². The van der Waals surface area contributed by atoms with E-state index in [0.29, 0.717) is 12.5 Å². The van der Waals surface area contributed by atoms with Gasteiger partial charge < -0.3 is 10.4 Å². The van der Waals surface area contributed by atoms with Gasteiger partial charge in [-0.05, 0) is 12.5 Å². The van der Waals surface area contributed by atoms with Crippen LogP contribution in [0, 0.1) is 6.92 Å². The first-order valence-corrected chi connectivity index (χ1v) is 7.20. The number of nitrogens with zero attached hydrogens (tertiary/aromatic N) is 2. The number of aliphatic hydroxyl groups excluding tert-OH is 1. The molecule has 2 rings (SSSR count). The van der Waals surface area contributed by atoms with E-state index in [1.165, 1.54) is 11.3 Å². The van der Waals surface area contributed by atoms with E-state index in [4.69, 9.17) is 0 Å². The predicted molar refractivity (Wildman–Crippen MR) is 78.6 cm³/mol. The summed E-state index contributed by atoms with van der Waals surface area (Å²) in [6, 6.07) is 7.89. The first-order chi connectivity index (χ1) is 9.06. The Morgan fingerprint density at radius 1 is 1.32 bits per heavy atom. The second-order valence-electron chi connectivity index (χ2n) is 4.91. The fourth-order valence-corrected chi connectivity index (χ4v) is 2.47. The summed E-state index contributed by atoms with van der Waals surface area (Å²) in [7, 11) is 0. The van der Waals surface area contributed by atoms with Crippen LogP contribution in [0.2, 0.25) is 0 Å². The Balaban J connectivity index is 1.94. The average Bonchev–Trinajstić information content (AvgIpc) is 2.85. The van der Waals surface area contributed by atoms with Gasteiger partial charge in [-0.15, -0.1) is 10.2 Å². The topological polar surface area (TPSA) is 58.0 Å². The van der Waals surface area contributed by atoms with E-state index in [1.54, 1.807) is 0 Å². The molecular weight excluding hydrogens is 258 g/mol. The van der Waals surface area contributed by atoms with Crippen LogP contribution in [0.5, 0.6) is 0 Å². The molecule has 0 aliphatic rings. The molecule has 0 bridgehead atoms. The van der Waals surface area contributed by atoms with Crippen LogP contribution in [0.15, 0.2) is 24.3 Å². The fourth-order valence-electron chi connectivity index (χ4n) is 1.72. The zero-order valence-electron chi connectivity index (χ0n) is 11.4. The first kappa shape index (κ1) is 14.0. The van der Waals surface area contributed by atoms with Crippen molar-refractivity contribution in [2.75, 3.05) is 11.9 Å². The molecule has 0 fully saturated rings. The first-order valence-electron chi connectivity index (χ1n) is 6.38. The van der Waals surface area contributed by atoms with Crippen molar-refractivity contribution in [2.24, 2.45) is 0 Å². The molecule has 0 amide bonds. The lowest BCUT2D eigenvalue weighted by molar-refractivity contribution is 0.191. The van der Waals surface area contributed by atoms with Gasteiger partial charge in [0.15, 0.2) is 0 Å². The molecule has 1 heterocycles. The number of anilines is 1. The predicted octanol–water partition coefficient (Wildman–Crippen LogP) is 3.12. The lowest BCUT2D eigenvalue weighted by atomic mass is 10.1. The van der Waals surface area contributed by atoms with Crippen LogP contribution in [0.4, 0.5) is 5.13 Å². The lowest BCUT2D eigenvalue weighted by Gasteiger charge is -2.11. The van der Waals surface area contributed by atoms with Crippen molar-refractivity contribution in [3.8, 4) is 0 Å². The van der Waals surface area contributed by atoms with Crippen LogP contribution in [0.3, 0.4) is 0 Å². The van der Waals surface area contributed by atoms with E-state index in [9.17, 15) is 5.11 Å². The Bertz CT molecular complexity index is 539. The number of aliphatic hydroxyl groups is 1. The van der Waals surface area contributed by atoms with Crippen LogP contribution >= 0.6 is 11.3 Å². The van der Waals surface area contributed by atoms with Gasteiger partial charge in [-0.25, -0.2) is 0 Å². The summed E-state index contributed by atoms with van der Waals surface area (Å²) in [4.78, 5) is 0. The third-order valence-electron chi connectivity index (χ3n) is 2.81. The van der Waals surface area contributed by atoms with E-state index in [0.717, 1.165) is 21.3 Å². The van der Waals surface area contributed by atoms with Crippen LogP contribution in [0.25, 0.3) is 0 Å². The molecule has 0 saturated carbocycles. The van der Waals surface area contributed by atoms with Crippen molar-refractivity contribution in [1.82, 2.24) is 10.2 Å². The standard InChI is InChI=1S/C14H19N3OS/c1-9(2)13-16-17-14(19-13)15-8-12(18)11-6-4-5-10(3)7-11/h4-7,9,12,18H,8H2,1-3H3,(H,15,17). The van der Waals surface area contributed by atoms with Gasteiger partial charge in [0.1, 0.15) is 5.01 Å². The summed E-state index contributed by atoms with van der Waals surface area (Å²) in [6.45, 7) is 6.64. The van der Waals surface area contributed by atoms with E-state index < -0.39 is 6.10 Å². The summed E-state index contributed by atoms with van der Waals surface area (Å²) in [5.74, 6) is 0.384. The number of hydrogen-bond donors (Lipinski definition) is 2. The molecule has 2 N–H and O–H groups in total. The number of benzene rings is 1. The zero-order chi connectivity index (χ0) is 13.8. The highest BCUT2D eigenvalue weighted by Crippen LogP contribution is 2.23. The largest absolute Gasteiger partial charge is 0.387 e. The van der Waals surface area contributed by atoms with Crippen LogP contribution in [-0.2, 0) is 0 Å². The van der Waals surface area contributed by atoms with Crippen molar-refractivity contribution < 1.29 is 5.11 Å². The van der Waals surface area contributed by atoms with Crippen molar-refractivity contribution in [3.63, 3.8) is 0 Å². The molecule has 0 spiro atoms. The van der Waals surface area contributed by atoms with Gasteiger partial charge in [-0.2, -0.15) is 0 Å². The summed E-state index contributed by atoms with van der Waals surface area (Å²) in [5, 5.41) is 23.2. The second kappa shape index (κ2) is 6.12. The van der Waals surface area contributed by atoms with Crippen molar-refractivity contribution >= 4 is 16.5 Å². The maximum absolute atomic E-state index is 10.1. The number of aryl methyl sites for hydroxylation is 1. The number of aromatic nitrogens is 2. The molecule has 0 aliphatic carbocycles. The molecule has 2 aromatic rings. The quantitative estimate of drug-likeness (QED) is 0.881. The minimum atomic E-state index is -0.536. The molecule has 1 aromatic carbocycles. The monoisotopic (exact) mass is 277 g/mol. The van der Waals surface area contributed by atoms with Gasteiger partial charge >= 0.3 is 0 Å². The summed E-state index contributed by atoms with van der Waals surface area (Å²) >= 11 is 1.54. The maximum Gasteiger partial charge on any atom is 0.205 e. The van der Waals surface area contributed by atoms with E-state index >= 15 is 0 Å². The smallest absolute Gasteiger partial charge is 0.205 e. The second-order valence-corrected chi connectivity index (χ2v) is 5.92. The molecule has 1 unspecified atom stereocenters. The summed E-state index contributed by atoms with van der Waals surface area (Å²) in [6.07, 6.45) is -0.536. The number of hydrogen-bond acceptors (Lipinski definition) is 5. The van der Waals surface area contributed by atoms with E-state index in [1.807, 2.05) is 31.2 Å². The highest BCUT2D eigenvalue weighted by atomic mass is 32.1. The maximum atomic E-state index is 10.1. The van der Waals surface area contributed by atoms with Gasteiger partial charge in [0.2, 0.25) is 5.13 Å². The average molecular weight is 277 g/mol. The number of nitrogens with one attached hydrogen (secondary N) is 1. The SMILES string of the molecule is Cc1cccc(C(O)CNc2nnc(C(C)C)s2)c1. The third-order valence-corrected chi connectivity index (χ3v) is 3.99. The Labute approximate surface area is 117 Å². The highest BCUT2D eigenvalue weighted by molar-refractivity contribution is 7.15. The fraction of sp³-hybridized carbons (Fsp3) is 0.429. The Kier molecular flexibility index (Phi) is 4.50. The van der Waals surface area contributed by atoms with Crippen LogP contribution < -0.4 is 5.32 Å². The minimum absolute atomic E-state index is 0.384. The van der Waals surface area contributed by atoms with Gasteiger partial charge in [0.25, 0.3) is 0 Å². The van der Waals surface area contributed by atoms with Crippen molar-refractivity contribution in [3.05, 3.63) is 40.4 Å².